The summed E-state index contributed by atoms with van der Waals surface area (Å²) >= 11 is 2.33. The first-order valence-corrected chi connectivity index (χ1v) is 22.8. The summed E-state index contributed by atoms with van der Waals surface area (Å²) in [5.41, 5.74) is -2.64. The number of halogens is 5. The molecular weight excluding hydrogens is 707 g/mol. The Morgan fingerprint density at radius 3 is 1.45 bits per heavy atom. The number of hydrogen-bond acceptors (Lipinski definition) is 4. The third-order valence-electron chi connectivity index (χ3n) is 6.89. The summed E-state index contributed by atoms with van der Waals surface area (Å²) in [5, 5.41) is 0. The molecule has 3 aromatic rings. The van der Waals surface area contributed by atoms with E-state index in [4.69, 9.17) is 0 Å². The molecule has 10 heteroatoms. The molecule has 0 spiro atoms. The van der Waals surface area contributed by atoms with Crippen LogP contribution in [0.4, 0.5) is 17.6 Å². The maximum absolute atomic E-state index is 15.1. The van der Waals surface area contributed by atoms with E-state index in [9.17, 15) is 18.4 Å². The first kappa shape index (κ1) is 31.5. The molecule has 0 unspecified atom stereocenters. The molecule has 206 valence electrons. The van der Waals surface area contributed by atoms with Gasteiger partial charge in [0, 0.05) is 0 Å². The zero-order chi connectivity index (χ0) is 28.0. The van der Waals surface area contributed by atoms with Crippen LogP contribution >= 0.6 is 38.6 Å². The Kier molecular flexibility index (Phi) is 11.6. The van der Waals surface area contributed by atoms with Crippen molar-refractivity contribution in [1.82, 2.24) is 0 Å². The van der Waals surface area contributed by atoms with Crippen LogP contribution in [-0.4, -0.2) is 29.9 Å². The van der Waals surface area contributed by atoms with Crippen LogP contribution in [0, 0.1) is 23.3 Å². The quantitative estimate of drug-likeness (QED) is 0.0715. The third kappa shape index (κ3) is 6.63. The van der Waals surface area contributed by atoms with Crippen LogP contribution in [0.25, 0.3) is 0 Å². The summed E-state index contributed by atoms with van der Waals surface area (Å²) in [5.74, 6) is -9.70. The Labute approximate surface area is 241 Å². The van der Waals surface area contributed by atoms with Crippen molar-refractivity contribution in [2.24, 2.45) is 0 Å². The van der Waals surface area contributed by atoms with Crippen molar-refractivity contribution in [3.05, 3.63) is 72.2 Å². The fraction of sp³-hybridized carbons (Fsp3) is 0.429. The van der Waals surface area contributed by atoms with Crippen LogP contribution in [-0.2, 0) is 0 Å². The Morgan fingerprint density at radius 2 is 1.08 bits per heavy atom. The van der Waals surface area contributed by atoms with E-state index in [1.807, 2.05) is 6.07 Å². The van der Waals surface area contributed by atoms with Crippen LogP contribution < -0.4 is 2.89 Å². The second kappa shape index (κ2) is 14.0. The molecule has 1 aromatic carbocycles. The number of benzene rings is 1. The summed E-state index contributed by atoms with van der Waals surface area (Å²) in [4.78, 5) is 25.9. The fourth-order valence-corrected chi connectivity index (χ4v) is 26.2. The van der Waals surface area contributed by atoms with E-state index in [1.165, 1.54) is 29.5 Å². The second-order valence-corrected chi connectivity index (χ2v) is 27.2. The van der Waals surface area contributed by atoms with Crippen molar-refractivity contribution in [3.63, 3.8) is 0 Å². The first-order valence-electron chi connectivity index (χ1n) is 12.9. The summed E-state index contributed by atoms with van der Waals surface area (Å²) < 4.78 is 65.3. The van der Waals surface area contributed by atoms with Crippen LogP contribution in [0.3, 0.4) is 0 Å². The molecule has 0 saturated carbocycles. The SMILES string of the molecule is CCC[CH2][Sn]([CH2]CCC)([CH2]CCC)[c]1ccc(C(=O)c2c(F)c(F)c(C(=O)c3ccc(Br)s3)c(F)c2F)s1. The molecule has 0 radical (unpaired) electrons. The maximum atomic E-state index is 15.1. The number of carbonyl (C=O) groups is 2. The number of ketones is 2. The van der Waals surface area contributed by atoms with Gasteiger partial charge in [0.25, 0.3) is 0 Å². The van der Waals surface area contributed by atoms with Gasteiger partial charge in [-0.15, -0.1) is 0 Å². The minimum absolute atomic E-state index is 0.0587. The Hall–Kier alpha value is -1.04. The molecule has 0 aliphatic rings. The summed E-state index contributed by atoms with van der Waals surface area (Å²) in [6.45, 7) is 6.46. The van der Waals surface area contributed by atoms with Gasteiger partial charge < -0.3 is 0 Å². The van der Waals surface area contributed by atoms with Gasteiger partial charge in [-0.2, -0.15) is 0 Å². The Morgan fingerprint density at radius 1 is 0.684 bits per heavy atom. The normalized spacial score (nSPS) is 11.8. The third-order valence-corrected chi connectivity index (χ3v) is 27.9. The van der Waals surface area contributed by atoms with Gasteiger partial charge >= 0.3 is 227 Å². The molecular formula is C28H31BrF4O2S2Sn. The van der Waals surface area contributed by atoms with Gasteiger partial charge in [-0.3, -0.25) is 0 Å². The molecule has 0 saturated heterocycles. The molecule has 2 aromatic heterocycles. The molecule has 2 nitrogen and oxygen atoms in total. The zero-order valence-electron chi connectivity index (χ0n) is 21.7. The van der Waals surface area contributed by atoms with Crippen LogP contribution in [0.15, 0.2) is 28.1 Å². The van der Waals surface area contributed by atoms with E-state index >= 15 is 8.78 Å². The van der Waals surface area contributed by atoms with Gasteiger partial charge in [0.2, 0.25) is 0 Å². The average molecular weight is 738 g/mol. The Bertz CT molecular complexity index is 1250. The van der Waals surface area contributed by atoms with E-state index in [0.717, 1.165) is 66.1 Å². The number of rotatable bonds is 14. The predicted octanol–water partition coefficient (Wildman–Crippen LogP) is 9.65. The van der Waals surface area contributed by atoms with Crippen molar-refractivity contribution >= 4 is 71.4 Å². The monoisotopic (exact) mass is 738 g/mol. The molecule has 38 heavy (non-hydrogen) atoms. The topological polar surface area (TPSA) is 34.1 Å². The van der Waals surface area contributed by atoms with Crippen LogP contribution in [0.5, 0.6) is 0 Å². The van der Waals surface area contributed by atoms with Gasteiger partial charge in [0.15, 0.2) is 0 Å². The van der Waals surface area contributed by atoms with Crippen molar-refractivity contribution in [2.75, 3.05) is 0 Å². The van der Waals surface area contributed by atoms with Crippen LogP contribution in [0.1, 0.15) is 89.8 Å². The molecule has 0 aliphatic heterocycles. The van der Waals surface area contributed by atoms with Crippen molar-refractivity contribution in [3.8, 4) is 0 Å². The van der Waals surface area contributed by atoms with Gasteiger partial charge in [-0.05, 0) is 15.9 Å². The molecule has 0 N–H and O–H groups in total. The number of carbonyl (C=O) groups excluding carboxylic acids is 2. The van der Waals surface area contributed by atoms with Gasteiger partial charge in [-0.1, -0.05) is 0 Å². The standard InChI is InChI=1S/C16H4BrF4O2S2.3C4H9.Sn/c17-8-4-3-7(25-8)16(23)10-13(20)11(18)9(12(19)14(10)21)15(22)6-2-1-5-24-6;3*1-3-4-2;/h1-4H;3*1,3-4H2,2H3;. The molecule has 2 heterocycles. The van der Waals surface area contributed by atoms with Gasteiger partial charge in [-0.25, -0.2) is 0 Å². The van der Waals surface area contributed by atoms with E-state index in [1.54, 1.807) is 0 Å². The zero-order valence-corrected chi connectivity index (χ0v) is 27.8. The molecule has 0 bridgehead atoms. The molecule has 3 rings (SSSR count). The summed E-state index contributed by atoms with van der Waals surface area (Å²) in [7, 11) is 0. The molecule has 0 atom stereocenters. The van der Waals surface area contributed by atoms with Crippen molar-refractivity contribution in [1.29, 1.82) is 0 Å². The first-order chi connectivity index (χ1) is 18.1. The molecule has 0 fully saturated rings. The molecule has 0 aliphatic carbocycles. The second-order valence-electron chi connectivity index (χ2n) is 9.52. The average Bonchev–Trinajstić information content (AvgIpc) is 3.57. The summed E-state index contributed by atoms with van der Waals surface area (Å²) in [6.07, 6.45) is 6.49. The number of unbranched alkanes of at least 4 members (excludes halogenated alkanes) is 3. The van der Waals surface area contributed by atoms with Crippen molar-refractivity contribution < 1.29 is 27.2 Å². The van der Waals surface area contributed by atoms with E-state index in [-0.39, 0.29) is 9.75 Å². The minimum atomic E-state index is -2.92. The van der Waals surface area contributed by atoms with Crippen LogP contribution in [0.2, 0.25) is 13.3 Å². The fourth-order valence-electron chi connectivity index (χ4n) is 4.75. The van der Waals surface area contributed by atoms with E-state index in [0.29, 0.717) is 3.79 Å². The van der Waals surface area contributed by atoms with E-state index < -0.39 is 64.3 Å². The predicted molar refractivity (Wildman–Crippen MR) is 154 cm³/mol. The number of thiophene rings is 2. The van der Waals surface area contributed by atoms with Gasteiger partial charge in [0.05, 0.1) is 0 Å². The molecule has 0 amide bonds. The summed E-state index contributed by atoms with van der Waals surface area (Å²) in [6, 6.07) is 6.23. The number of hydrogen-bond donors (Lipinski definition) is 0. The van der Waals surface area contributed by atoms with Crippen molar-refractivity contribution in [2.45, 2.75) is 72.6 Å². The van der Waals surface area contributed by atoms with E-state index in [2.05, 4.69) is 36.7 Å². The van der Waals surface area contributed by atoms with Gasteiger partial charge in [0.1, 0.15) is 0 Å². The Balaban J connectivity index is 2.04.